The van der Waals surface area contributed by atoms with E-state index in [0.29, 0.717) is 5.56 Å². The highest BCUT2D eigenvalue weighted by molar-refractivity contribution is 5.80. The molecule has 3 nitrogen and oxygen atoms in total. The van der Waals surface area contributed by atoms with E-state index in [1.807, 2.05) is 6.07 Å². The van der Waals surface area contributed by atoms with E-state index >= 15 is 0 Å². The quantitative estimate of drug-likeness (QED) is 0.927. The van der Waals surface area contributed by atoms with Gasteiger partial charge in [-0.05, 0) is 30.5 Å². The molecule has 0 saturated heterocycles. The van der Waals surface area contributed by atoms with Gasteiger partial charge in [0.15, 0.2) is 0 Å². The summed E-state index contributed by atoms with van der Waals surface area (Å²) in [5, 5.41) is 2.97. The Hall–Kier alpha value is -2.23. The molecule has 1 fully saturated rings. The van der Waals surface area contributed by atoms with Crippen LogP contribution in [0, 0.1) is 5.82 Å². The number of rotatable bonds is 4. The molecule has 0 atom stereocenters. The summed E-state index contributed by atoms with van der Waals surface area (Å²) in [6, 6.07) is 10.3. The lowest BCUT2D eigenvalue weighted by atomic mass is 10.0. The lowest BCUT2D eigenvalue weighted by Crippen LogP contribution is -2.36. The van der Waals surface area contributed by atoms with Crippen LogP contribution in [-0.4, -0.2) is 10.9 Å². The molecule has 0 unspecified atom stereocenters. The highest BCUT2D eigenvalue weighted by Gasteiger charge is 2.47. The van der Waals surface area contributed by atoms with Crippen LogP contribution in [0.4, 0.5) is 4.39 Å². The molecule has 1 aliphatic rings. The highest BCUT2D eigenvalue weighted by atomic mass is 19.1. The third-order valence-electron chi connectivity index (χ3n) is 3.61. The van der Waals surface area contributed by atoms with Crippen molar-refractivity contribution in [3.63, 3.8) is 0 Å². The SMILES string of the molecule is O=C(Cc1cccnc1)NC1(c2ccccc2F)CC1. The standard InChI is InChI=1S/C16H15FN2O/c17-14-6-2-1-5-13(14)16(7-8-16)19-15(20)10-12-4-3-9-18-11-12/h1-6,9,11H,7-8,10H2,(H,19,20). The molecule has 0 spiro atoms. The number of hydrogen-bond donors (Lipinski definition) is 1. The lowest BCUT2D eigenvalue weighted by molar-refractivity contribution is -0.121. The van der Waals surface area contributed by atoms with Crippen molar-refractivity contribution in [1.82, 2.24) is 10.3 Å². The molecule has 2 aromatic rings. The monoisotopic (exact) mass is 270 g/mol. The van der Waals surface area contributed by atoms with Crippen molar-refractivity contribution in [1.29, 1.82) is 0 Å². The maximum atomic E-state index is 13.8. The Kier molecular flexibility index (Phi) is 3.22. The van der Waals surface area contributed by atoms with Crippen LogP contribution >= 0.6 is 0 Å². The highest BCUT2D eigenvalue weighted by Crippen LogP contribution is 2.46. The first-order chi connectivity index (χ1) is 9.70. The third-order valence-corrected chi connectivity index (χ3v) is 3.61. The first-order valence-corrected chi connectivity index (χ1v) is 6.65. The first-order valence-electron chi connectivity index (χ1n) is 6.65. The number of nitrogens with zero attached hydrogens (tertiary/aromatic N) is 1. The van der Waals surface area contributed by atoms with Gasteiger partial charge >= 0.3 is 0 Å². The van der Waals surface area contributed by atoms with Crippen molar-refractivity contribution in [3.8, 4) is 0 Å². The molecule has 1 saturated carbocycles. The Morgan fingerprint density at radius 1 is 1.25 bits per heavy atom. The van der Waals surface area contributed by atoms with Crippen LogP contribution in [-0.2, 0) is 16.8 Å². The molecule has 1 aromatic carbocycles. The van der Waals surface area contributed by atoms with E-state index in [1.54, 1.807) is 36.7 Å². The molecule has 4 heteroatoms. The number of halogens is 1. The van der Waals surface area contributed by atoms with E-state index < -0.39 is 5.54 Å². The fourth-order valence-electron chi connectivity index (χ4n) is 2.44. The topological polar surface area (TPSA) is 42.0 Å². The summed E-state index contributed by atoms with van der Waals surface area (Å²) in [7, 11) is 0. The van der Waals surface area contributed by atoms with Crippen molar-refractivity contribution < 1.29 is 9.18 Å². The number of pyridine rings is 1. The summed E-state index contributed by atoms with van der Waals surface area (Å²) < 4.78 is 13.8. The summed E-state index contributed by atoms with van der Waals surface area (Å²) in [6.07, 6.45) is 5.18. The minimum Gasteiger partial charge on any atom is -0.346 e. The zero-order valence-corrected chi connectivity index (χ0v) is 11.0. The summed E-state index contributed by atoms with van der Waals surface area (Å²) in [4.78, 5) is 16.1. The van der Waals surface area contributed by atoms with E-state index in [-0.39, 0.29) is 18.1 Å². The van der Waals surface area contributed by atoms with Crippen LogP contribution < -0.4 is 5.32 Å². The smallest absolute Gasteiger partial charge is 0.225 e. The van der Waals surface area contributed by atoms with Gasteiger partial charge in [0, 0.05) is 18.0 Å². The second-order valence-corrected chi connectivity index (χ2v) is 5.15. The van der Waals surface area contributed by atoms with Gasteiger partial charge in [0.1, 0.15) is 5.82 Å². The number of aromatic nitrogens is 1. The summed E-state index contributed by atoms with van der Waals surface area (Å²) in [5.74, 6) is -0.356. The van der Waals surface area contributed by atoms with Crippen LogP contribution in [0.2, 0.25) is 0 Å². The molecule has 20 heavy (non-hydrogen) atoms. The Morgan fingerprint density at radius 3 is 2.70 bits per heavy atom. The number of hydrogen-bond acceptors (Lipinski definition) is 2. The van der Waals surface area contributed by atoms with Crippen molar-refractivity contribution in [2.45, 2.75) is 24.8 Å². The van der Waals surface area contributed by atoms with Crippen molar-refractivity contribution in [2.24, 2.45) is 0 Å². The number of carbonyl (C=O) groups excluding carboxylic acids is 1. The van der Waals surface area contributed by atoms with Crippen LogP contribution in [0.25, 0.3) is 0 Å². The molecule has 1 heterocycles. The summed E-state index contributed by atoms with van der Waals surface area (Å²) in [5.41, 5.74) is 0.929. The molecule has 1 aliphatic carbocycles. The van der Waals surface area contributed by atoms with Gasteiger partial charge in [0.05, 0.1) is 12.0 Å². The minimum atomic E-state index is -0.509. The van der Waals surface area contributed by atoms with Gasteiger partial charge in [-0.3, -0.25) is 9.78 Å². The zero-order valence-electron chi connectivity index (χ0n) is 11.0. The molecule has 1 aromatic heterocycles. The number of amides is 1. The minimum absolute atomic E-state index is 0.0984. The fraction of sp³-hybridized carbons (Fsp3) is 0.250. The molecule has 3 rings (SSSR count). The molecule has 1 N–H and O–H groups in total. The van der Waals surface area contributed by atoms with Gasteiger partial charge in [-0.15, -0.1) is 0 Å². The first kappa shape index (κ1) is 12.8. The predicted octanol–water partition coefficient (Wildman–Crippen LogP) is 2.57. The second kappa shape index (κ2) is 5.04. The Morgan fingerprint density at radius 2 is 2.05 bits per heavy atom. The van der Waals surface area contributed by atoms with Crippen molar-refractivity contribution in [2.75, 3.05) is 0 Å². The van der Waals surface area contributed by atoms with Gasteiger partial charge in [-0.25, -0.2) is 4.39 Å². The van der Waals surface area contributed by atoms with Gasteiger partial charge in [0.25, 0.3) is 0 Å². The number of benzene rings is 1. The molecule has 102 valence electrons. The summed E-state index contributed by atoms with van der Waals surface area (Å²) >= 11 is 0. The van der Waals surface area contributed by atoms with Crippen molar-refractivity contribution >= 4 is 5.91 Å². The Balaban J connectivity index is 1.72. The van der Waals surface area contributed by atoms with Gasteiger partial charge in [-0.2, -0.15) is 0 Å². The van der Waals surface area contributed by atoms with Crippen LogP contribution in [0.15, 0.2) is 48.8 Å². The number of nitrogens with one attached hydrogen (secondary N) is 1. The third kappa shape index (κ3) is 2.54. The van der Waals surface area contributed by atoms with Crippen LogP contribution in [0.1, 0.15) is 24.0 Å². The Labute approximate surface area is 116 Å². The zero-order chi connectivity index (χ0) is 14.0. The van der Waals surface area contributed by atoms with E-state index in [4.69, 9.17) is 0 Å². The largest absolute Gasteiger partial charge is 0.346 e. The van der Waals surface area contributed by atoms with Gasteiger partial charge in [0.2, 0.25) is 5.91 Å². The van der Waals surface area contributed by atoms with E-state index in [2.05, 4.69) is 10.3 Å². The normalized spacial score (nSPS) is 15.7. The molecular formula is C16H15FN2O. The van der Waals surface area contributed by atoms with E-state index in [1.165, 1.54) is 6.07 Å². The van der Waals surface area contributed by atoms with E-state index in [9.17, 15) is 9.18 Å². The molecular weight excluding hydrogens is 255 g/mol. The van der Waals surface area contributed by atoms with Crippen LogP contribution in [0.5, 0.6) is 0 Å². The van der Waals surface area contributed by atoms with Crippen LogP contribution in [0.3, 0.4) is 0 Å². The predicted molar refractivity (Wildman–Crippen MR) is 73.4 cm³/mol. The molecule has 0 bridgehead atoms. The molecule has 0 aliphatic heterocycles. The summed E-state index contributed by atoms with van der Waals surface area (Å²) in [6.45, 7) is 0. The van der Waals surface area contributed by atoms with Crippen molar-refractivity contribution in [3.05, 3.63) is 65.7 Å². The van der Waals surface area contributed by atoms with Gasteiger partial charge < -0.3 is 5.32 Å². The maximum Gasteiger partial charge on any atom is 0.225 e. The number of carbonyl (C=O) groups is 1. The van der Waals surface area contributed by atoms with Gasteiger partial charge in [-0.1, -0.05) is 24.3 Å². The average molecular weight is 270 g/mol. The lowest BCUT2D eigenvalue weighted by Gasteiger charge is -2.18. The molecule has 1 amide bonds. The fourth-order valence-corrected chi connectivity index (χ4v) is 2.44. The van der Waals surface area contributed by atoms with E-state index in [0.717, 1.165) is 18.4 Å². The molecule has 0 radical (unpaired) electrons. The second-order valence-electron chi connectivity index (χ2n) is 5.15. The average Bonchev–Trinajstić information content (AvgIpc) is 3.20. The maximum absolute atomic E-state index is 13.8. The Bertz CT molecular complexity index is 623.